The Labute approximate surface area is 129 Å². The number of nitrogens with zero attached hydrogens (tertiary/aromatic N) is 2. The SMILES string of the molecule is CCC[NH2+]Cc1ccc(-c2cccc(C(=O)O)n2)nc1.[Cl-]. The van der Waals surface area contributed by atoms with E-state index >= 15 is 0 Å². The van der Waals surface area contributed by atoms with Crippen molar-refractivity contribution in [2.75, 3.05) is 6.54 Å². The van der Waals surface area contributed by atoms with Gasteiger partial charge < -0.3 is 22.8 Å². The number of halogens is 1. The smallest absolute Gasteiger partial charge is 0.354 e. The van der Waals surface area contributed by atoms with Gasteiger partial charge in [0.1, 0.15) is 12.2 Å². The first-order valence-corrected chi connectivity index (χ1v) is 6.68. The lowest BCUT2D eigenvalue weighted by molar-refractivity contribution is -0.670. The van der Waals surface area contributed by atoms with Gasteiger partial charge in [0.05, 0.1) is 17.9 Å². The maximum atomic E-state index is 10.9. The van der Waals surface area contributed by atoms with Crippen molar-refractivity contribution in [2.24, 2.45) is 0 Å². The van der Waals surface area contributed by atoms with Crippen molar-refractivity contribution in [3.63, 3.8) is 0 Å². The molecule has 2 aromatic rings. The molecule has 21 heavy (non-hydrogen) atoms. The quantitative estimate of drug-likeness (QED) is 0.625. The zero-order valence-electron chi connectivity index (χ0n) is 11.8. The van der Waals surface area contributed by atoms with Crippen LogP contribution in [0.1, 0.15) is 29.4 Å². The Balaban J connectivity index is 0.00000220. The molecule has 0 radical (unpaired) electrons. The molecule has 6 heteroatoms. The average molecular weight is 308 g/mol. The zero-order valence-corrected chi connectivity index (χ0v) is 12.5. The molecule has 0 saturated carbocycles. The van der Waals surface area contributed by atoms with Gasteiger partial charge in [-0.25, -0.2) is 9.78 Å². The third-order valence-electron chi connectivity index (χ3n) is 2.93. The van der Waals surface area contributed by atoms with E-state index in [1.807, 2.05) is 18.3 Å². The van der Waals surface area contributed by atoms with Crippen LogP contribution in [-0.4, -0.2) is 27.6 Å². The van der Waals surface area contributed by atoms with E-state index in [1.54, 1.807) is 12.1 Å². The van der Waals surface area contributed by atoms with Gasteiger partial charge in [0.2, 0.25) is 0 Å². The van der Waals surface area contributed by atoms with Crippen LogP contribution in [0.2, 0.25) is 0 Å². The molecular formula is C15H18ClN3O2. The normalized spacial score (nSPS) is 9.95. The fraction of sp³-hybridized carbons (Fsp3) is 0.267. The summed E-state index contributed by atoms with van der Waals surface area (Å²) in [6, 6.07) is 8.79. The predicted octanol–water partition coefficient (Wildman–Crippen LogP) is -1.68. The fourth-order valence-electron chi connectivity index (χ4n) is 1.87. The molecule has 3 N–H and O–H groups in total. The Morgan fingerprint density at radius 2 is 2.05 bits per heavy atom. The van der Waals surface area contributed by atoms with Gasteiger partial charge in [-0.15, -0.1) is 0 Å². The maximum absolute atomic E-state index is 10.9. The summed E-state index contributed by atoms with van der Waals surface area (Å²) >= 11 is 0. The van der Waals surface area contributed by atoms with E-state index < -0.39 is 5.97 Å². The van der Waals surface area contributed by atoms with Crippen molar-refractivity contribution in [1.29, 1.82) is 0 Å². The lowest BCUT2D eigenvalue weighted by Gasteiger charge is -2.03. The van der Waals surface area contributed by atoms with Crippen LogP contribution in [-0.2, 0) is 6.54 Å². The molecule has 112 valence electrons. The molecule has 2 rings (SSSR count). The Morgan fingerprint density at radius 1 is 1.24 bits per heavy atom. The number of nitrogens with two attached hydrogens (primary N) is 1. The Hall–Kier alpha value is -1.98. The molecule has 0 aromatic carbocycles. The lowest BCUT2D eigenvalue weighted by atomic mass is 10.2. The molecule has 0 atom stereocenters. The van der Waals surface area contributed by atoms with E-state index in [1.165, 1.54) is 6.07 Å². The Bertz CT molecular complexity index is 588. The molecule has 0 aliphatic rings. The van der Waals surface area contributed by atoms with Crippen molar-refractivity contribution < 1.29 is 27.6 Å². The first-order valence-electron chi connectivity index (χ1n) is 6.68. The molecule has 0 fully saturated rings. The van der Waals surface area contributed by atoms with Crippen LogP contribution < -0.4 is 17.7 Å². The van der Waals surface area contributed by atoms with Crippen LogP contribution in [0.25, 0.3) is 11.4 Å². The van der Waals surface area contributed by atoms with Crippen molar-refractivity contribution in [1.82, 2.24) is 9.97 Å². The number of carboxylic acids is 1. The second kappa shape index (κ2) is 8.34. The number of hydrogen-bond donors (Lipinski definition) is 2. The van der Waals surface area contributed by atoms with E-state index in [0.29, 0.717) is 11.4 Å². The number of aromatic carboxylic acids is 1. The van der Waals surface area contributed by atoms with Crippen LogP contribution in [0.5, 0.6) is 0 Å². The summed E-state index contributed by atoms with van der Waals surface area (Å²) in [7, 11) is 0. The summed E-state index contributed by atoms with van der Waals surface area (Å²) in [6.45, 7) is 4.16. The highest BCUT2D eigenvalue weighted by atomic mass is 35.5. The third-order valence-corrected chi connectivity index (χ3v) is 2.93. The summed E-state index contributed by atoms with van der Waals surface area (Å²) in [4.78, 5) is 19.3. The lowest BCUT2D eigenvalue weighted by Crippen LogP contribution is -3.00. The number of carboxylic acid groups (broad SMARTS) is 1. The predicted molar refractivity (Wildman–Crippen MR) is 75.2 cm³/mol. The molecule has 0 aliphatic carbocycles. The minimum Gasteiger partial charge on any atom is -1.00 e. The topological polar surface area (TPSA) is 79.7 Å². The molecule has 0 saturated heterocycles. The molecule has 0 amide bonds. The highest BCUT2D eigenvalue weighted by Gasteiger charge is 2.07. The van der Waals surface area contributed by atoms with E-state index in [9.17, 15) is 4.79 Å². The molecule has 0 aliphatic heterocycles. The van der Waals surface area contributed by atoms with E-state index in [-0.39, 0.29) is 18.1 Å². The van der Waals surface area contributed by atoms with Crippen LogP contribution in [0, 0.1) is 0 Å². The van der Waals surface area contributed by atoms with Crippen molar-refractivity contribution >= 4 is 5.97 Å². The number of quaternary nitrogens is 1. The first-order chi connectivity index (χ1) is 9.70. The van der Waals surface area contributed by atoms with Gasteiger partial charge in [-0.1, -0.05) is 13.0 Å². The van der Waals surface area contributed by atoms with Crippen molar-refractivity contribution in [3.05, 3.63) is 47.8 Å². The van der Waals surface area contributed by atoms with Crippen LogP contribution in [0.4, 0.5) is 0 Å². The molecule has 0 bridgehead atoms. The van der Waals surface area contributed by atoms with Gasteiger partial charge in [-0.05, 0) is 30.7 Å². The van der Waals surface area contributed by atoms with Gasteiger partial charge in [0.15, 0.2) is 0 Å². The van der Waals surface area contributed by atoms with Crippen molar-refractivity contribution in [3.8, 4) is 11.4 Å². The minimum atomic E-state index is -1.03. The van der Waals surface area contributed by atoms with Crippen molar-refractivity contribution in [2.45, 2.75) is 19.9 Å². The van der Waals surface area contributed by atoms with Crippen LogP contribution in [0.3, 0.4) is 0 Å². The molecule has 5 nitrogen and oxygen atoms in total. The summed E-state index contributed by atoms with van der Waals surface area (Å²) in [6.07, 6.45) is 2.97. The molecule has 0 unspecified atom stereocenters. The zero-order chi connectivity index (χ0) is 14.4. The minimum absolute atomic E-state index is 0. The van der Waals surface area contributed by atoms with Gasteiger partial charge in [-0.3, -0.25) is 4.98 Å². The van der Waals surface area contributed by atoms with Crippen LogP contribution >= 0.6 is 0 Å². The summed E-state index contributed by atoms with van der Waals surface area (Å²) in [5.74, 6) is -1.03. The highest BCUT2D eigenvalue weighted by molar-refractivity contribution is 5.85. The van der Waals surface area contributed by atoms with E-state index in [4.69, 9.17) is 5.11 Å². The molecular weight excluding hydrogens is 290 g/mol. The van der Waals surface area contributed by atoms with Gasteiger partial charge in [-0.2, -0.15) is 0 Å². The van der Waals surface area contributed by atoms with Crippen LogP contribution in [0.15, 0.2) is 36.5 Å². The number of pyridine rings is 2. The van der Waals surface area contributed by atoms with Gasteiger partial charge in [0, 0.05) is 11.8 Å². The highest BCUT2D eigenvalue weighted by Crippen LogP contribution is 2.14. The van der Waals surface area contributed by atoms with Gasteiger partial charge in [0.25, 0.3) is 0 Å². The summed E-state index contributed by atoms with van der Waals surface area (Å²) < 4.78 is 0. The molecule has 2 heterocycles. The summed E-state index contributed by atoms with van der Waals surface area (Å²) in [5, 5.41) is 11.2. The molecule has 0 spiro atoms. The number of carbonyl (C=O) groups is 1. The maximum Gasteiger partial charge on any atom is 0.354 e. The average Bonchev–Trinajstić information content (AvgIpc) is 2.48. The Morgan fingerprint density at radius 3 is 2.67 bits per heavy atom. The largest absolute Gasteiger partial charge is 1.00 e. The summed E-state index contributed by atoms with van der Waals surface area (Å²) in [5.41, 5.74) is 2.45. The number of rotatable bonds is 6. The standard InChI is InChI=1S/C15H17N3O2.ClH/c1-2-8-16-9-11-6-7-12(17-10-11)13-4-3-5-14(18-13)15(19)20;/h3-7,10,16H,2,8-9H2,1H3,(H,19,20);1H. The number of hydrogen-bond acceptors (Lipinski definition) is 3. The van der Waals surface area contributed by atoms with Gasteiger partial charge >= 0.3 is 5.97 Å². The third kappa shape index (κ3) is 4.81. The first kappa shape index (κ1) is 17.1. The number of aromatic nitrogens is 2. The fourth-order valence-corrected chi connectivity index (χ4v) is 1.87. The van der Waals surface area contributed by atoms with E-state index in [0.717, 1.165) is 25.1 Å². The second-order valence-electron chi connectivity index (χ2n) is 4.55. The van der Waals surface area contributed by atoms with E-state index in [2.05, 4.69) is 22.2 Å². The monoisotopic (exact) mass is 307 g/mol. The molecule has 2 aromatic heterocycles. The second-order valence-corrected chi connectivity index (χ2v) is 4.55. The Kier molecular flexibility index (Phi) is 6.78.